The van der Waals surface area contributed by atoms with Crippen LogP contribution in [-0.4, -0.2) is 52.3 Å². The van der Waals surface area contributed by atoms with Crippen molar-refractivity contribution in [1.82, 2.24) is 9.47 Å². The van der Waals surface area contributed by atoms with Crippen molar-refractivity contribution in [2.24, 2.45) is 7.05 Å². The van der Waals surface area contributed by atoms with Crippen LogP contribution in [0.1, 0.15) is 10.5 Å². The fourth-order valence-electron chi connectivity index (χ4n) is 2.77. The summed E-state index contributed by atoms with van der Waals surface area (Å²) < 4.78 is 7.00. The van der Waals surface area contributed by atoms with E-state index in [2.05, 4.69) is 0 Å². The highest BCUT2D eigenvalue weighted by Gasteiger charge is 2.30. The normalized spacial score (nSPS) is 18.0. The summed E-state index contributed by atoms with van der Waals surface area (Å²) in [5, 5.41) is 9.05. The third-order valence-corrected chi connectivity index (χ3v) is 4.04. The third-order valence-electron chi connectivity index (χ3n) is 4.04. The van der Waals surface area contributed by atoms with Crippen molar-refractivity contribution in [3.05, 3.63) is 48.2 Å². The van der Waals surface area contributed by atoms with Gasteiger partial charge in [0.1, 0.15) is 5.69 Å². The third kappa shape index (κ3) is 2.98. The summed E-state index contributed by atoms with van der Waals surface area (Å²) in [6.45, 7) is 0.702. The number of carboxylic acids is 1. The van der Waals surface area contributed by atoms with Crippen LogP contribution in [0.15, 0.2) is 42.5 Å². The minimum Gasteiger partial charge on any atom is -0.479 e. The van der Waals surface area contributed by atoms with E-state index in [9.17, 15) is 9.59 Å². The molecule has 1 amide bonds. The lowest BCUT2D eigenvalue weighted by atomic mass is 10.2. The summed E-state index contributed by atoms with van der Waals surface area (Å²) in [4.78, 5) is 25.3. The first kappa shape index (κ1) is 15.3. The molecule has 2 aromatic rings. The number of aromatic nitrogens is 1. The number of carbonyl (C=O) groups is 2. The molecule has 0 saturated carbocycles. The highest BCUT2D eigenvalue weighted by atomic mass is 16.5. The number of hydrogen-bond donors (Lipinski definition) is 1. The van der Waals surface area contributed by atoms with Gasteiger partial charge >= 0.3 is 5.97 Å². The lowest BCUT2D eigenvalue weighted by molar-refractivity contribution is -0.154. The molecule has 3 rings (SSSR count). The predicted molar refractivity (Wildman–Crippen MR) is 84.1 cm³/mol. The molecule has 0 radical (unpaired) electrons. The average Bonchev–Trinajstić information content (AvgIpc) is 2.96. The Hall–Kier alpha value is -2.60. The van der Waals surface area contributed by atoms with E-state index in [0.717, 1.165) is 11.3 Å². The number of carboxylic acid groups (broad SMARTS) is 1. The summed E-state index contributed by atoms with van der Waals surface area (Å²) in [6.07, 6.45) is -0.957. The zero-order chi connectivity index (χ0) is 16.4. The van der Waals surface area contributed by atoms with Gasteiger partial charge in [0.25, 0.3) is 5.91 Å². The molecule has 120 valence electrons. The molecule has 1 atom stereocenters. The molecule has 1 aromatic carbocycles. The fraction of sp³-hybridized carbons (Fsp3) is 0.294. The average molecular weight is 314 g/mol. The molecule has 1 unspecified atom stereocenters. The first-order chi connectivity index (χ1) is 11.1. The van der Waals surface area contributed by atoms with E-state index in [-0.39, 0.29) is 19.1 Å². The van der Waals surface area contributed by atoms with E-state index in [0.29, 0.717) is 12.2 Å². The lowest BCUT2D eigenvalue weighted by Crippen LogP contribution is -2.48. The van der Waals surface area contributed by atoms with E-state index in [1.54, 1.807) is 6.07 Å². The Morgan fingerprint density at radius 1 is 1.17 bits per heavy atom. The summed E-state index contributed by atoms with van der Waals surface area (Å²) in [6, 6.07) is 13.5. The monoisotopic (exact) mass is 314 g/mol. The van der Waals surface area contributed by atoms with Gasteiger partial charge in [-0.05, 0) is 17.7 Å². The van der Waals surface area contributed by atoms with E-state index in [4.69, 9.17) is 9.84 Å². The van der Waals surface area contributed by atoms with Crippen molar-refractivity contribution < 1.29 is 19.4 Å². The second-order valence-electron chi connectivity index (χ2n) is 5.48. The molecular formula is C17H18N2O4. The molecule has 6 nitrogen and oxygen atoms in total. The maximum atomic E-state index is 12.7. The van der Waals surface area contributed by atoms with Crippen molar-refractivity contribution in [3.8, 4) is 11.3 Å². The first-order valence-electron chi connectivity index (χ1n) is 7.43. The number of aliphatic carboxylic acids is 1. The number of amides is 1. The largest absolute Gasteiger partial charge is 0.479 e. The standard InChI is InChI=1S/C17H18N2O4/c1-18-13(12-5-3-2-4-6-12)7-8-14(18)16(20)19-9-10-23-15(11-19)17(21)22/h2-8,15H,9-11H2,1H3,(H,21,22). The van der Waals surface area contributed by atoms with E-state index in [1.165, 1.54) is 4.90 Å². The van der Waals surface area contributed by atoms with E-state index in [1.807, 2.05) is 48.0 Å². The fourth-order valence-corrected chi connectivity index (χ4v) is 2.77. The second-order valence-corrected chi connectivity index (χ2v) is 5.48. The van der Waals surface area contributed by atoms with Gasteiger partial charge in [0.05, 0.1) is 13.2 Å². The lowest BCUT2D eigenvalue weighted by Gasteiger charge is -2.31. The van der Waals surface area contributed by atoms with Crippen LogP contribution in [0.2, 0.25) is 0 Å². The minimum absolute atomic E-state index is 0.0695. The topological polar surface area (TPSA) is 71.8 Å². The van der Waals surface area contributed by atoms with Crippen LogP contribution >= 0.6 is 0 Å². The van der Waals surface area contributed by atoms with Gasteiger partial charge in [-0.2, -0.15) is 0 Å². The molecule has 1 saturated heterocycles. The Morgan fingerprint density at radius 3 is 2.61 bits per heavy atom. The number of nitrogens with zero attached hydrogens (tertiary/aromatic N) is 2. The maximum absolute atomic E-state index is 12.7. The van der Waals surface area contributed by atoms with Crippen molar-refractivity contribution in [3.63, 3.8) is 0 Å². The highest BCUT2D eigenvalue weighted by Crippen LogP contribution is 2.22. The van der Waals surface area contributed by atoms with Crippen LogP contribution in [0.25, 0.3) is 11.3 Å². The van der Waals surface area contributed by atoms with Gasteiger partial charge in [-0.25, -0.2) is 4.79 Å². The van der Waals surface area contributed by atoms with Crippen LogP contribution in [0.5, 0.6) is 0 Å². The first-order valence-corrected chi connectivity index (χ1v) is 7.43. The summed E-state index contributed by atoms with van der Waals surface area (Å²) in [7, 11) is 1.84. The molecule has 0 spiro atoms. The predicted octanol–water partition coefficient (Wildman–Crippen LogP) is 1.62. The molecule has 1 N–H and O–H groups in total. The quantitative estimate of drug-likeness (QED) is 0.934. The molecule has 6 heteroatoms. The van der Waals surface area contributed by atoms with E-state index < -0.39 is 12.1 Å². The summed E-state index contributed by atoms with van der Waals surface area (Å²) >= 11 is 0. The van der Waals surface area contributed by atoms with Gasteiger partial charge in [-0.1, -0.05) is 30.3 Å². The van der Waals surface area contributed by atoms with Crippen LogP contribution in [-0.2, 0) is 16.6 Å². The van der Waals surface area contributed by atoms with Crippen LogP contribution in [0.3, 0.4) is 0 Å². The molecule has 1 aliphatic heterocycles. The number of rotatable bonds is 3. The maximum Gasteiger partial charge on any atom is 0.334 e. The SMILES string of the molecule is Cn1c(C(=O)N2CCOC(C(=O)O)C2)ccc1-c1ccccc1. The summed E-state index contributed by atoms with van der Waals surface area (Å²) in [5.74, 6) is -1.22. The molecule has 0 bridgehead atoms. The van der Waals surface area contributed by atoms with Crippen LogP contribution in [0, 0.1) is 0 Å². The van der Waals surface area contributed by atoms with Gasteiger partial charge in [0.2, 0.25) is 0 Å². The Labute approximate surface area is 133 Å². The van der Waals surface area contributed by atoms with Gasteiger partial charge in [0, 0.05) is 19.3 Å². The number of hydrogen-bond acceptors (Lipinski definition) is 3. The Morgan fingerprint density at radius 2 is 1.91 bits per heavy atom. The molecule has 1 aromatic heterocycles. The molecule has 0 aliphatic carbocycles. The zero-order valence-electron chi connectivity index (χ0n) is 12.8. The molecule has 23 heavy (non-hydrogen) atoms. The second kappa shape index (κ2) is 6.26. The number of morpholine rings is 1. The Bertz CT molecular complexity index is 723. The van der Waals surface area contributed by atoms with Crippen LogP contribution in [0.4, 0.5) is 0 Å². The van der Waals surface area contributed by atoms with Crippen molar-refractivity contribution in [2.45, 2.75) is 6.10 Å². The number of ether oxygens (including phenoxy) is 1. The molecule has 1 fully saturated rings. The van der Waals surface area contributed by atoms with Crippen molar-refractivity contribution in [2.75, 3.05) is 19.7 Å². The van der Waals surface area contributed by atoms with Gasteiger partial charge in [-0.15, -0.1) is 0 Å². The molecule has 1 aliphatic rings. The van der Waals surface area contributed by atoms with E-state index >= 15 is 0 Å². The van der Waals surface area contributed by atoms with Gasteiger partial charge in [0.15, 0.2) is 6.10 Å². The van der Waals surface area contributed by atoms with Gasteiger partial charge in [-0.3, -0.25) is 4.79 Å². The highest BCUT2D eigenvalue weighted by molar-refractivity contribution is 5.94. The Balaban J connectivity index is 1.83. The Kier molecular flexibility index (Phi) is 4.16. The van der Waals surface area contributed by atoms with Crippen LogP contribution < -0.4 is 0 Å². The number of benzene rings is 1. The van der Waals surface area contributed by atoms with Crippen molar-refractivity contribution in [1.29, 1.82) is 0 Å². The molecule has 2 heterocycles. The zero-order valence-corrected chi connectivity index (χ0v) is 12.8. The molecular weight excluding hydrogens is 296 g/mol. The smallest absolute Gasteiger partial charge is 0.334 e. The van der Waals surface area contributed by atoms with Gasteiger partial charge < -0.3 is 19.3 Å². The number of carbonyl (C=O) groups excluding carboxylic acids is 1. The summed E-state index contributed by atoms with van der Waals surface area (Å²) in [5.41, 5.74) is 2.51. The minimum atomic E-state index is -1.04. The van der Waals surface area contributed by atoms with Crippen molar-refractivity contribution >= 4 is 11.9 Å².